The van der Waals surface area contributed by atoms with Crippen LogP contribution < -0.4 is 0 Å². The smallest absolute Gasteiger partial charge is 0.344 e. The van der Waals surface area contributed by atoms with Gasteiger partial charge in [0.1, 0.15) is 6.07 Å². The predicted molar refractivity (Wildman–Crippen MR) is 63.7 cm³/mol. The maximum Gasteiger partial charge on any atom is 0.344 e. The van der Waals surface area contributed by atoms with Crippen molar-refractivity contribution in [2.75, 3.05) is 27.2 Å². The van der Waals surface area contributed by atoms with Crippen LogP contribution in [0.4, 0.5) is 4.79 Å². The first-order valence-corrected chi connectivity index (χ1v) is 5.37. The van der Waals surface area contributed by atoms with Crippen molar-refractivity contribution < 1.29 is 9.59 Å². The fourth-order valence-corrected chi connectivity index (χ4v) is 1.21. The Morgan fingerprint density at radius 1 is 1.39 bits per heavy atom. The lowest BCUT2D eigenvalue weighted by Gasteiger charge is -2.21. The summed E-state index contributed by atoms with van der Waals surface area (Å²) < 4.78 is 1.10. The van der Waals surface area contributed by atoms with E-state index < -0.39 is 0 Å². The van der Waals surface area contributed by atoms with Crippen LogP contribution in [0, 0.1) is 11.3 Å². The first-order valence-electron chi connectivity index (χ1n) is 5.37. The van der Waals surface area contributed by atoms with Crippen LogP contribution in [0.3, 0.4) is 0 Å². The number of nitriles is 1. The molecule has 0 aliphatic heterocycles. The molecule has 0 N–H and O–H groups in total. The molecule has 1 aromatic rings. The molecule has 7 nitrogen and oxygen atoms in total. The van der Waals surface area contributed by atoms with Crippen molar-refractivity contribution >= 4 is 11.9 Å². The highest BCUT2D eigenvalue weighted by molar-refractivity contribution is 5.76. The zero-order valence-electron chi connectivity index (χ0n) is 10.6. The fourth-order valence-electron chi connectivity index (χ4n) is 1.21. The van der Waals surface area contributed by atoms with Gasteiger partial charge in [0.05, 0.1) is 18.0 Å². The molecule has 18 heavy (non-hydrogen) atoms. The lowest BCUT2D eigenvalue weighted by Crippen LogP contribution is -2.38. The molecule has 0 fully saturated rings. The van der Waals surface area contributed by atoms with Gasteiger partial charge in [0.25, 0.3) is 0 Å². The van der Waals surface area contributed by atoms with Crippen molar-refractivity contribution in [2.24, 2.45) is 0 Å². The third-order valence-electron chi connectivity index (χ3n) is 2.54. The van der Waals surface area contributed by atoms with Gasteiger partial charge in [-0.1, -0.05) is 0 Å². The summed E-state index contributed by atoms with van der Waals surface area (Å²) in [6.45, 7) is 2.31. The van der Waals surface area contributed by atoms with E-state index in [0.717, 1.165) is 4.68 Å². The Bertz CT molecular complexity index is 488. The Balaban J connectivity index is 2.57. The van der Waals surface area contributed by atoms with Crippen LogP contribution in [0.2, 0.25) is 0 Å². The highest BCUT2D eigenvalue weighted by Gasteiger charge is 2.13. The van der Waals surface area contributed by atoms with Crippen molar-refractivity contribution in [3.63, 3.8) is 0 Å². The molecule has 0 spiro atoms. The van der Waals surface area contributed by atoms with E-state index in [1.54, 1.807) is 14.1 Å². The molecule has 7 heteroatoms. The Labute approximate surface area is 105 Å². The number of carbonyl (C=O) groups excluding carboxylic acids is 2. The summed E-state index contributed by atoms with van der Waals surface area (Å²) in [5, 5.41) is 12.4. The number of hydrogen-bond acceptors (Lipinski definition) is 4. The molecule has 0 bridgehead atoms. The molecule has 0 unspecified atom stereocenters. The number of hydrogen-bond donors (Lipinski definition) is 0. The molecule has 96 valence electrons. The van der Waals surface area contributed by atoms with Gasteiger partial charge < -0.3 is 9.80 Å². The van der Waals surface area contributed by atoms with Crippen molar-refractivity contribution in [3.8, 4) is 6.07 Å². The molecule has 0 aromatic carbocycles. The normalized spacial score (nSPS) is 9.67. The van der Waals surface area contributed by atoms with Crippen LogP contribution in [0.15, 0.2) is 12.4 Å². The lowest BCUT2D eigenvalue weighted by molar-refractivity contribution is -0.127. The summed E-state index contributed by atoms with van der Waals surface area (Å²) >= 11 is 0. The van der Waals surface area contributed by atoms with Gasteiger partial charge in [-0.2, -0.15) is 15.0 Å². The van der Waals surface area contributed by atoms with E-state index in [4.69, 9.17) is 5.26 Å². The van der Waals surface area contributed by atoms with Gasteiger partial charge in [-0.25, -0.2) is 4.79 Å². The third-order valence-corrected chi connectivity index (χ3v) is 2.54. The monoisotopic (exact) mass is 249 g/mol. The number of carbonyl (C=O) groups is 2. The van der Waals surface area contributed by atoms with E-state index in [9.17, 15) is 9.59 Å². The van der Waals surface area contributed by atoms with E-state index in [1.165, 1.54) is 29.1 Å². The molecule has 0 saturated carbocycles. The average molecular weight is 249 g/mol. The number of amides is 2. The van der Waals surface area contributed by atoms with Crippen molar-refractivity contribution in [3.05, 3.63) is 18.0 Å². The Morgan fingerprint density at radius 3 is 2.50 bits per heavy atom. The molecular weight excluding hydrogens is 234 g/mol. The van der Waals surface area contributed by atoms with Crippen LogP contribution in [-0.2, 0) is 4.79 Å². The second kappa shape index (κ2) is 5.82. The first kappa shape index (κ1) is 13.7. The molecule has 2 amide bonds. The highest BCUT2D eigenvalue weighted by Crippen LogP contribution is 1.98. The van der Waals surface area contributed by atoms with Crippen LogP contribution in [0.5, 0.6) is 0 Å². The van der Waals surface area contributed by atoms with Crippen LogP contribution >= 0.6 is 0 Å². The molecule has 0 aliphatic carbocycles. The molecule has 0 saturated heterocycles. The average Bonchev–Trinajstić information content (AvgIpc) is 2.82. The van der Waals surface area contributed by atoms with E-state index in [-0.39, 0.29) is 11.9 Å². The molecule has 1 aromatic heterocycles. The second-order valence-corrected chi connectivity index (χ2v) is 3.93. The minimum Gasteiger partial charge on any atom is -0.344 e. The van der Waals surface area contributed by atoms with E-state index in [2.05, 4.69) is 5.10 Å². The summed E-state index contributed by atoms with van der Waals surface area (Å²) in [7, 11) is 3.28. The quantitative estimate of drug-likeness (QED) is 0.762. The SMILES string of the molecule is CC(=O)N(C)CCN(C)C(=O)n1cc(C#N)cn1. The third kappa shape index (κ3) is 3.31. The maximum absolute atomic E-state index is 11.9. The van der Waals surface area contributed by atoms with Gasteiger partial charge in [-0.05, 0) is 0 Å². The van der Waals surface area contributed by atoms with Gasteiger partial charge in [0.2, 0.25) is 5.91 Å². The van der Waals surface area contributed by atoms with Crippen molar-refractivity contribution in [1.29, 1.82) is 5.26 Å². The minimum atomic E-state index is -0.339. The molecule has 0 radical (unpaired) electrons. The molecule has 1 heterocycles. The number of nitrogens with zero attached hydrogens (tertiary/aromatic N) is 5. The Morgan fingerprint density at radius 2 is 2.00 bits per heavy atom. The molecular formula is C11H15N5O2. The summed E-state index contributed by atoms with van der Waals surface area (Å²) in [6, 6.07) is 1.56. The fraction of sp³-hybridized carbons (Fsp3) is 0.455. The largest absolute Gasteiger partial charge is 0.344 e. The van der Waals surface area contributed by atoms with E-state index in [1.807, 2.05) is 6.07 Å². The van der Waals surface area contributed by atoms with Crippen LogP contribution in [0.1, 0.15) is 12.5 Å². The molecule has 0 aliphatic rings. The maximum atomic E-state index is 11.9. The summed E-state index contributed by atoms with van der Waals surface area (Å²) in [5.74, 6) is -0.0540. The minimum absolute atomic E-state index is 0.0540. The number of aromatic nitrogens is 2. The zero-order valence-corrected chi connectivity index (χ0v) is 10.6. The van der Waals surface area contributed by atoms with Gasteiger partial charge in [-0.3, -0.25) is 4.79 Å². The van der Waals surface area contributed by atoms with Crippen molar-refractivity contribution in [1.82, 2.24) is 19.6 Å². The Kier molecular flexibility index (Phi) is 4.43. The van der Waals surface area contributed by atoms with Gasteiger partial charge in [0.15, 0.2) is 0 Å². The lowest BCUT2D eigenvalue weighted by atomic mass is 10.4. The topological polar surface area (TPSA) is 82.2 Å². The summed E-state index contributed by atoms with van der Waals surface area (Å²) in [5.41, 5.74) is 0.331. The molecule has 0 atom stereocenters. The molecule has 1 rings (SSSR count). The van der Waals surface area contributed by atoms with Crippen LogP contribution in [0.25, 0.3) is 0 Å². The second-order valence-electron chi connectivity index (χ2n) is 3.93. The van der Waals surface area contributed by atoms with Gasteiger partial charge in [0, 0.05) is 34.1 Å². The van der Waals surface area contributed by atoms with Gasteiger partial charge in [-0.15, -0.1) is 0 Å². The highest BCUT2D eigenvalue weighted by atomic mass is 16.2. The zero-order chi connectivity index (χ0) is 13.7. The van der Waals surface area contributed by atoms with Crippen molar-refractivity contribution in [2.45, 2.75) is 6.92 Å². The van der Waals surface area contributed by atoms with Crippen LogP contribution in [-0.4, -0.2) is 58.7 Å². The van der Waals surface area contributed by atoms with Gasteiger partial charge >= 0.3 is 6.03 Å². The first-order chi connectivity index (χ1) is 8.45. The number of likely N-dealkylation sites (N-methyl/N-ethyl adjacent to an activating group) is 2. The summed E-state index contributed by atoms with van der Waals surface area (Å²) in [4.78, 5) is 25.8. The number of rotatable bonds is 3. The summed E-state index contributed by atoms with van der Waals surface area (Å²) in [6.07, 6.45) is 2.70. The van der Waals surface area contributed by atoms with E-state index >= 15 is 0 Å². The standard InChI is InChI=1S/C11H15N5O2/c1-9(17)14(2)4-5-15(3)11(18)16-8-10(6-12)7-13-16/h7-8H,4-5H2,1-3H3. The predicted octanol–water partition coefficient (Wildman–Crippen LogP) is 0.133. The van der Waals surface area contributed by atoms with E-state index in [0.29, 0.717) is 18.7 Å². The Hall–Kier alpha value is -2.36.